The lowest BCUT2D eigenvalue weighted by atomic mass is 10.1. The fraction of sp³-hybridized carbons (Fsp3) is 0.250. The molecule has 1 atom stereocenters. The number of amidine groups is 1. The molecule has 0 radical (unpaired) electrons. The van der Waals surface area contributed by atoms with Gasteiger partial charge in [-0.2, -0.15) is 0 Å². The Labute approximate surface area is 157 Å². The first kappa shape index (κ1) is 18.2. The van der Waals surface area contributed by atoms with E-state index in [2.05, 4.69) is 11.9 Å². The predicted molar refractivity (Wildman–Crippen MR) is 108 cm³/mol. The maximum Gasteiger partial charge on any atom is 0.242 e. The van der Waals surface area contributed by atoms with Crippen LogP contribution in [-0.2, 0) is 9.59 Å². The third-order valence-electron chi connectivity index (χ3n) is 4.06. The Morgan fingerprint density at radius 3 is 2.85 bits per heavy atom. The van der Waals surface area contributed by atoms with Gasteiger partial charge in [-0.15, -0.1) is 6.58 Å². The molecule has 26 heavy (non-hydrogen) atoms. The molecule has 1 fully saturated rings. The van der Waals surface area contributed by atoms with Crippen molar-refractivity contribution in [2.75, 3.05) is 13.1 Å². The molecule has 1 saturated heterocycles. The van der Waals surface area contributed by atoms with Crippen LogP contribution >= 0.6 is 11.8 Å². The molecule has 0 saturated carbocycles. The van der Waals surface area contributed by atoms with E-state index in [0.717, 1.165) is 16.5 Å². The molecule has 1 N–H and O–H groups in total. The lowest BCUT2D eigenvalue weighted by Gasteiger charge is -2.14. The Hall–Kier alpha value is -2.60. The van der Waals surface area contributed by atoms with Crippen molar-refractivity contribution in [2.45, 2.75) is 18.6 Å². The SMILES string of the molecule is C=CCN1C(=O)C(CC(=O)NCC)SC1=Nc1cccc2ccccc12. The van der Waals surface area contributed by atoms with Crippen LogP contribution in [0.3, 0.4) is 0 Å². The molecule has 134 valence electrons. The number of nitrogens with one attached hydrogen (secondary N) is 1. The topological polar surface area (TPSA) is 61.8 Å². The van der Waals surface area contributed by atoms with E-state index in [9.17, 15) is 9.59 Å². The second kappa shape index (κ2) is 8.19. The summed E-state index contributed by atoms with van der Waals surface area (Å²) in [5.74, 6) is -0.219. The zero-order chi connectivity index (χ0) is 18.5. The third-order valence-corrected chi connectivity index (χ3v) is 5.23. The van der Waals surface area contributed by atoms with Crippen LogP contribution in [0.5, 0.6) is 0 Å². The molecule has 1 unspecified atom stereocenters. The van der Waals surface area contributed by atoms with Gasteiger partial charge in [0.1, 0.15) is 5.25 Å². The van der Waals surface area contributed by atoms with Crippen molar-refractivity contribution < 1.29 is 9.59 Å². The highest BCUT2D eigenvalue weighted by Crippen LogP contribution is 2.33. The Kier molecular flexibility index (Phi) is 5.73. The molecule has 0 aliphatic carbocycles. The van der Waals surface area contributed by atoms with Crippen molar-refractivity contribution in [1.29, 1.82) is 0 Å². The van der Waals surface area contributed by atoms with Crippen LogP contribution in [0, 0.1) is 0 Å². The van der Waals surface area contributed by atoms with Crippen molar-refractivity contribution in [1.82, 2.24) is 10.2 Å². The van der Waals surface area contributed by atoms with Gasteiger partial charge in [-0.3, -0.25) is 14.5 Å². The van der Waals surface area contributed by atoms with Gasteiger partial charge in [0.15, 0.2) is 5.17 Å². The highest BCUT2D eigenvalue weighted by Gasteiger charge is 2.38. The van der Waals surface area contributed by atoms with Gasteiger partial charge in [-0.1, -0.05) is 54.2 Å². The monoisotopic (exact) mass is 367 g/mol. The number of carbonyl (C=O) groups is 2. The number of fused-ring (bicyclic) bond motifs is 1. The second-order valence-electron chi connectivity index (χ2n) is 5.89. The number of thioether (sulfide) groups is 1. The zero-order valence-electron chi connectivity index (χ0n) is 14.6. The highest BCUT2D eigenvalue weighted by molar-refractivity contribution is 8.15. The summed E-state index contributed by atoms with van der Waals surface area (Å²) in [4.78, 5) is 30.9. The number of hydrogen-bond acceptors (Lipinski definition) is 4. The fourth-order valence-electron chi connectivity index (χ4n) is 2.87. The molecule has 2 amide bonds. The first-order valence-corrected chi connectivity index (χ1v) is 9.44. The Bertz CT molecular complexity index is 873. The predicted octanol–water partition coefficient (Wildman–Crippen LogP) is 3.48. The van der Waals surface area contributed by atoms with E-state index < -0.39 is 5.25 Å². The van der Waals surface area contributed by atoms with Crippen LogP contribution in [0.2, 0.25) is 0 Å². The molecule has 0 bridgehead atoms. The molecular weight excluding hydrogens is 346 g/mol. The molecule has 2 aromatic carbocycles. The van der Waals surface area contributed by atoms with Gasteiger partial charge in [-0.05, 0) is 18.4 Å². The van der Waals surface area contributed by atoms with Crippen molar-refractivity contribution in [3.63, 3.8) is 0 Å². The van der Waals surface area contributed by atoms with Crippen LogP contribution in [0.1, 0.15) is 13.3 Å². The van der Waals surface area contributed by atoms with E-state index in [1.165, 1.54) is 11.8 Å². The number of nitrogens with zero attached hydrogens (tertiary/aromatic N) is 2. The molecular formula is C20H21N3O2S. The maximum absolute atomic E-state index is 12.7. The van der Waals surface area contributed by atoms with Gasteiger partial charge < -0.3 is 5.32 Å². The van der Waals surface area contributed by atoms with Crippen LogP contribution in [-0.4, -0.2) is 40.2 Å². The van der Waals surface area contributed by atoms with Gasteiger partial charge >= 0.3 is 0 Å². The van der Waals surface area contributed by atoms with Crippen molar-refractivity contribution in [3.05, 3.63) is 55.1 Å². The normalized spacial score (nSPS) is 18.5. The minimum absolute atomic E-state index is 0.0971. The fourth-order valence-corrected chi connectivity index (χ4v) is 4.03. The van der Waals surface area contributed by atoms with E-state index >= 15 is 0 Å². The van der Waals surface area contributed by atoms with E-state index in [4.69, 9.17) is 4.99 Å². The molecule has 0 spiro atoms. The summed E-state index contributed by atoms with van der Waals surface area (Å²) >= 11 is 1.34. The number of aliphatic imine (C=N–C) groups is 1. The summed E-state index contributed by atoms with van der Waals surface area (Å²) in [6.45, 7) is 6.52. The van der Waals surface area contributed by atoms with Gasteiger partial charge in [0.2, 0.25) is 11.8 Å². The van der Waals surface area contributed by atoms with E-state index in [1.54, 1.807) is 11.0 Å². The molecule has 5 nitrogen and oxygen atoms in total. The molecule has 1 heterocycles. The second-order valence-corrected chi connectivity index (χ2v) is 7.06. The Morgan fingerprint density at radius 2 is 2.08 bits per heavy atom. The average molecular weight is 367 g/mol. The average Bonchev–Trinajstić information content (AvgIpc) is 2.91. The van der Waals surface area contributed by atoms with Crippen LogP contribution in [0.4, 0.5) is 5.69 Å². The summed E-state index contributed by atoms with van der Waals surface area (Å²) in [6.07, 6.45) is 1.82. The minimum Gasteiger partial charge on any atom is -0.356 e. The third kappa shape index (κ3) is 3.80. The molecule has 1 aliphatic heterocycles. The van der Waals surface area contributed by atoms with Gasteiger partial charge in [0.25, 0.3) is 0 Å². The van der Waals surface area contributed by atoms with Crippen molar-refractivity contribution in [3.8, 4) is 0 Å². The van der Waals surface area contributed by atoms with Crippen LogP contribution in [0.15, 0.2) is 60.1 Å². The Morgan fingerprint density at radius 1 is 1.31 bits per heavy atom. The Balaban J connectivity index is 1.93. The maximum atomic E-state index is 12.7. The zero-order valence-corrected chi connectivity index (χ0v) is 15.5. The number of hydrogen-bond donors (Lipinski definition) is 1. The standard InChI is InChI=1S/C20H21N3O2S/c1-3-12-23-19(25)17(13-18(24)21-4-2)26-20(23)22-16-11-7-9-14-8-5-6-10-15(14)16/h3,5-11,17H,1,4,12-13H2,2H3,(H,21,24). The summed E-state index contributed by atoms with van der Waals surface area (Å²) in [6, 6.07) is 13.9. The van der Waals surface area contributed by atoms with E-state index in [1.807, 2.05) is 49.4 Å². The highest BCUT2D eigenvalue weighted by atomic mass is 32.2. The summed E-state index contributed by atoms with van der Waals surface area (Å²) in [5, 5.41) is 5.03. The molecule has 6 heteroatoms. The number of amides is 2. The first-order chi connectivity index (χ1) is 12.6. The van der Waals surface area contributed by atoms with E-state index in [-0.39, 0.29) is 18.2 Å². The minimum atomic E-state index is -0.449. The quantitative estimate of drug-likeness (QED) is 0.795. The summed E-state index contributed by atoms with van der Waals surface area (Å²) in [5.41, 5.74) is 0.811. The van der Waals surface area contributed by atoms with Gasteiger partial charge in [-0.25, -0.2) is 4.99 Å². The molecule has 3 rings (SSSR count). The number of carbonyl (C=O) groups excluding carboxylic acids is 2. The lowest BCUT2D eigenvalue weighted by Crippen LogP contribution is -2.34. The molecule has 2 aromatic rings. The summed E-state index contributed by atoms with van der Waals surface area (Å²) < 4.78 is 0. The van der Waals surface area contributed by atoms with E-state index in [0.29, 0.717) is 18.3 Å². The number of rotatable bonds is 6. The van der Waals surface area contributed by atoms with Crippen LogP contribution in [0.25, 0.3) is 10.8 Å². The molecule has 0 aromatic heterocycles. The largest absolute Gasteiger partial charge is 0.356 e. The van der Waals surface area contributed by atoms with Crippen molar-refractivity contribution >= 4 is 45.2 Å². The summed E-state index contributed by atoms with van der Waals surface area (Å²) in [7, 11) is 0. The van der Waals surface area contributed by atoms with Gasteiger partial charge in [0, 0.05) is 24.9 Å². The molecule has 1 aliphatic rings. The van der Waals surface area contributed by atoms with Crippen molar-refractivity contribution in [2.24, 2.45) is 4.99 Å². The number of benzene rings is 2. The van der Waals surface area contributed by atoms with Crippen LogP contribution < -0.4 is 5.32 Å². The van der Waals surface area contributed by atoms with Gasteiger partial charge in [0.05, 0.1) is 5.69 Å². The smallest absolute Gasteiger partial charge is 0.242 e. The lowest BCUT2D eigenvalue weighted by molar-refractivity contribution is -0.129. The first-order valence-electron chi connectivity index (χ1n) is 8.56.